The lowest BCUT2D eigenvalue weighted by Gasteiger charge is -2.26. The first-order valence-electron chi connectivity index (χ1n) is 9.15. The molecule has 6 nitrogen and oxygen atoms in total. The second-order valence-electron chi connectivity index (χ2n) is 7.72. The molecule has 1 aliphatic heterocycles. The van der Waals surface area contributed by atoms with Crippen molar-refractivity contribution in [3.63, 3.8) is 0 Å². The summed E-state index contributed by atoms with van der Waals surface area (Å²) in [4.78, 5) is 20.9. The summed E-state index contributed by atoms with van der Waals surface area (Å²) in [5, 5.41) is 12.7. The van der Waals surface area contributed by atoms with Crippen LogP contribution in [0.4, 0.5) is 5.69 Å². The summed E-state index contributed by atoms with van der Waals surface area (Å²) in [6.07, 6.45) is 0.475. The van der Waals surface area contributed by atoms with Crippen LogP contribution >= 0.6 is 11.3 Å². The molecule has 2 aromatic rings. The third kappa shape index (κ3) is 4.86. The molecule has 0 fully saturated rings. The highest BCUT2D eigenvalue weighted by Crippen LogP contribution is 2.31. The number of benzene rings is 1. The number of anilines is 1. The topological polar surface area (TPSA) is 78.4 Å². The number of fused-ring (bicyclic) bond motifs is 1. The Bertz CT molecular complexity index is 837. The second kappa shape index (κ2) is 8.08. The average molecular weight is 386 g/mol. The Morgan fingerprint density at radius 1 is 1.33 bits per heavy atom. The van der Waals surface area contributed by atoms with E-state index in [4.69, 9.17) is 4.98 Å². The fourth-order valence-corrected chi connectivity index (χ4v) is 3.98. The van der Waals surface area contributed by atoms with Crippen molar-refractivity contribution in [1.29, 1.82) is 0 Å². The molecule has 1 aliphatic rings. The van der Waals surface area contributed by atoms with Crippen LogP contribution in [-0.2, 0) is 16.8 Å². The van der Waals surface area contributed by atoms with Gasteiger partial charge in [-0.05, 0) is 11.6 Å². The molecular formula is C20H27N5OS. The summed E-state index contributed by atoms with van der Waals surface area (Å²) in [5.74, 6) is 0.896. The van der Waals surface area contributed by atoms with Crippen LogP contribution in [0.25, 0.3) is 0 Å². The summed E-state index contributed by atoms with van der Waals surface area (Å²) < 4.78 is 0. The first-order chi connectivity index (χ1) is 12.9. The minimum Gasteiger partial charge on any atom is -0.356 e. The molecule has 1 aromatic carbocycles. The monoisotopic (exact) mass is 385 g/mol. The molecule has 2 heterocycles. The maximum Gasteiger partial charge on any atom is 0.225 e. The summed E-state index contributed by atoms with van der Waals surface area (Å²) in [7, 11) is 1.75. The SMILES string of the molecule is CN=C(NCc1nc(C(C)(C)C)cs1)NCC1CC(=O)Nc2ccccc21. The quantitative estimate of drug-likeness (QED) is 0.558. The van der Waals surface area contributed by atoms with E-state index in [2.05, 4.69) is 53.2 Å². The van der Waals surface area contributed by atoms with Gasteiger partial charge in [0.15, 0.2) is 5.96 Å². The van der Waals surface area contributed by atoms with E-state index >= 15 is 0 Å². The van der Waals surface area contributed by atoms with Gasteiger partial charge in [-0.3, -0.25) is 9.79 Å². The Hall–Kier alpha value is -2.41. The largest absolute Gasteiger partial charge is 0.356 e. The molecule has 1 unspecified atom stereocenters. The third-order valence-electron chi connectivity index (χ3n) is 4.57. The number of guanidine groups is 1. The minimum absolute atomic E-state index is 0.0564. The van der Waals surface area contributed by atoms with Crippen LogP contribution in [0.3, 0.4) is 0 Å². The van der Waals surface area contributed by atoms with Gasteiger partial charge >= 0.3 is 0 Å². The van der Waals surface area contributed by atoms with Gasteiger partial charge in [0, 0.05) is 42.4 Å². The Labute approximate surface area is 164 Å². The predicted octanol–water partition coefficient (Wildman–Crippen LogP) is 3.23. The van der Waals surface area contributed by atoms with E-state index in [1.54, 1.807) is 18.4 Å². The molecule has 0 aliphatic carbocycles. The van der Waals surface area contributed by atoms with Crippen LogP contribution in [0.15, 0.2) is 34.6 Å². The first-order valence-corrected chi connectivity index (χ1v) is 10.0. The van der Waals surface area contributed by atoms with Crippen LogP contribution < -0.4 is 16.0 Å². The molecule has 144 valence electrons. The molecule has 0 bridgehead atoms. The molecule has 3 rings (SSSR count). The third-order valence-corrected chi connectivity index (χ3v) is 5.42. The first kappa shape index (κ1) is 19.4. The van der Waals surface area contributed by atoms with Gasteiger partial charge in [-0.15, -0.1) is 11.3 Å². The molecule has 1 amide bonds. The lowest BCUT2D eigenvalue weighted by atomic mass is 9.90. The average Bonchev–Trinajstić information content (AvgIpc) is 3.11. The zero-order chi connectivity index (χ0) is 19.4. The lowest BCUT2D eigenvalue weighted by molar-refractivity contribution is -0.116. The lowest BCUT2D eigenvalue weighted by Crippen LogP contribution is -2.40. The molecule has 27 heavy (non-hydrogen) atoms. The Kier molecular flexibility index (Phi) is 5.79. The van der Waals surface area contributed by atoms with Gasteiger partial charge in [0.2, 0.25) is 5.91 Å². The summed E-state index contributed by atoms with van der Waals surface area (Å²) in [5.41, 5.74) is 3.23. The maximum absolute atomic E-state index is 12.0. The van der Waals surface area contributed by atoms with Crippen LogP contribution in [-0.4, -0.2) is 30.4 Å². The molecule has 0 radical (unpaired) electrons. The molecule has 1 atom stereocenters. The zero-order valence-corrected chi connectivity index (χ0v) is 17.1. The summed E-state index contributed by atoms with van der Waals surface area (Å²) in [6, 6.07) is 7.96. The van der Waals surface area contributed by atoms with Gasteiger partial charge in [-0.2, -0.15) is 0 Å². The van der Waals surface area contributed by atoms with Crippen molar-refractivity contribution in [3.8, 4) is 0 Å². The number of carbonyl (C=O) groups excluding carboxylic acids is 1. The van der Waals surface area contributed by atoms with Crippen molar-refractivity contribution < 1.29 is 4.79 Å². The number of aliphatic imine (C=N–C) groups is 1. The Morgan fingerprint density at radius 3 is 2.81 bits per heavy atom. The predicted molar refractivity (Wildman–Crippen MR) is 111 cm³/mol. The van der Waals surface area contributed by atoms with Crippen molar-refractivity contribution in [1.82, 2.24) is 15.6 Å². The van der Waals surface area contributed by atoms with Crippen molar-refractivity contribution in [2.24, 2.45) is 4.99 Å². The number of hydrogen-bond acceptors (Lipinski definition) is 4. The number of aromatic nitrogens is 1. The van der Waals surface area contributed by atoms with Gasteiger partial charge in [0.25, 0.3) is 0 Å². The van der Waals surface area contributed by atoms with Gasteiger partial charge in [0.05, 0.1) is 12.2 Å². The highest BCUT2D eigenvalue weighted by atomic mass is 32.1. The molecule has 3 N–H and O–H groups in total. The maximum atomic E-state index is 12.0. The fraction of sp³-hybridized carbons (Fsp3) is 0.450. The molecule has 1 aromatic heterocycles. The number of carbonyl (C=O) groups is 1. The summed E-state index contributed by atoms with van der Waals surface area (Å²) >= 11 is 1.66. The van der Waals surface area contributed by atoms with Crippen LogP contribution in [0.2, 0.25) is 0 Å². The number of amides is 1. The minimum atomic E-state index is 0.0564. The zero-order valence-electron chi connectivity index (χ0n) is 16.3. The van der Waals surface area contributed by atoms with E-state index in [9.17, 15) is 4.79 Å². The van der Waals surface area contributed by atoms with E-state index in [1.807, 2.05) is 18.2 Å². The molecule has 0 saturated carbocycles. The standard InChI is InChI=1S/C20H27N5OS/c1-20(2,3)16-12-27-18(25-16)11-23-19(21-4)22-10-13-9-17(26)24-15-8-6-5-7-14(13)15/h5-8,12-13H,9-11H2,1-4H3,(H,24,26)(H2,21,22,23). The number of para-hydroxylation sites is 1. The van der Waals surface area contributed by atoms with E-state index in [0.717, 1.165) is 22.0 Å². The van der Waals surface area contributed by atoms with Crippen molar-refractivity contribution in [3.05, 3.63) is 45.9 Å². The molecular weight excluding hydrogens is 358 g/mol. The highest BCUT2D eigenvalue weighted by Gasteiger charge is 2.24. The van der Waals surface area contributed by atoms with Crippen molar-refractivity contribution in [2.45, 2.75) is 45.1 Å². The van der Waals surface area contributed by atoms with Crippen LogP contribution in [0.1, 0.15) is 49.4 Å². The van der Waals surface area contributed by atoms with Gasteiger partial charge in [0.1, 0.15) is 5.01 Å². The van der Waals surface area contributed by atoms with Crippen molar-refractivity contribution in [2.75, 3.05) is 18.9 Å². The molecule has 0 spiro atoms. The molecule has 7 heteroatoms. The van der Waals surface area contributed by atoms with E-state index in [-0.39, 0.29) is 17.2 Å². The fourth-order valence-electron chi connectivity index (χ4n) is 3.02. The number of hydrogen-bond donors (Lipinski definition) is 3. The highest BCUT2D eigenvalue weighted by molar-refractivity contribution is 7.09. The Balaban J connectivity index is 1.57. The van der Waals surface area contributed by atoms with Crippen LogP contribution in [0.5, 0.6) is 0 Å². The normalized spacial score (nSPS) is 17.3. The number of thiazole rings is 1. The van der Waals surface area contributed by atoms with Gasteiger partial charge in [-0.1, -0.05) is 39.0 Å². The number of rotatable bonds is 4. The number of nitrogens with one attached hydrogen (secondary N) is 3. The molecule has 0 saturated heterocycles. The van der Waals surface area contributed by atoms with E-state index < -0.39 is 0 Å². The smallest absolute Gasteiger partial charge is 0.225 e. The van der Waals surface area contributed by atoms with E-state index in [0.29, 0.717) is 25.5 Å². The summed E-state index contributed by atoms with van der Waals surface area (Å²) in [6.45, 7) is 7.77. The number of nitrogens with zero attached hydrogens (tertiary/aromatic N) is 2. The van der Waals surface area contributed by atoms with Gasteiger partial charge in [-0.25, -0.2) is 4.98 Å². The van der Waals surface area contributed by atoms with Crippen molar-refractivity contribution >= 4 is 28.9 Å². The second-order valence-corrected chi connectivity index (χ2v) is 8.66. The Morgan fingerprint density at radius 2 is 2.11 bits per heavy atom. The van der Waals surface area contributed by atoms with E-state index in [1.165, 1.54) is 0 Å². The van der Waals surface area contributed by atoms with Crippen LogP contribution in [0, 0.1) is 0 Å². The van der Waals surface area contributed by atoms with Gasteiger partial charge < -0.3 is 16.0 Å².